The van der Waals surface area contributed by atoms with Crippen molar-refractivity contribution in [3.05, 3.63) is 40.5 Å². The second-order valence-electron chi connectivity index (χ2n) is 5.47. The van der Waals surface area contributed by atoms with Gasteiger partial charge in [-0.2, -0.15) is 18.2 Å². The van der Waals surface area contributed by atoms with E-state index in [0.717, 1.165) is 18.1 Å². The van der Waals surface area contributed by atoms with Gasteiger partial charge in [0.25, 0.3) is 0 Å². The van der Waals surface area contributed by atoms with Crippen LogP contribution in [0.4, 0.5) is 30.6 Å². The molecule has 1 atom stereocenters. The molecule has 0 amide bonds. The van der Waals surface area contributed by atoms with Crippen molar-refractivity contribution in [3.63, 3.8) is 0 Å². The van der Waals surface area contributed by atoms with Crippen molar-refractivity contribution in [3.8, 4) is 0 Å². The van der Waals surface area contributed by atoms with E-state index >= 15 is 0 Å². The number of alkyl halides is 3. The Kier molecular flexibility index (Phi) is 5.54. The molecule has 8 heteroatoms. The summed E-state index contributed by atoms with van der Waals surface area (Å²) in [5, 5.41) is 6.13. The molecule has 0 radical (unpaired) electrons. The maximum atomic E-state index is 13.1. The average molecular weight is 359 g/mol. The summed E-state index contributed by atoms with van der Waals surface area (Å²) in [6.07, 6.45) is -3.84. The number of para-hydroxylation sites is 1. The molecule has 0 unspecified atom stereocenters. The first-order chi connectivity index (χ1) is 11.2. The van der Waals surface area contributed by atoms with Crippen molar-refractivity contribution in [2.45, 2.75) is 39.4 Å². The molecular formula is C16H18ClF3N4. The van der Waals surface area contributed by atoms with Gasteiger partial charge in [0.15, 0.2) is 5.69 Å². The molecule has 2 aromatic rings. The summed E-state index contributed by atoms with van der Waals surface area (Å²) >= 11 is 6.11. The highest BCUT2D eigenvalue weighted by molar-refractivity contribution is 6.33. The highest BCUT2D eigenvalue weighted by atomic mass is 35.5. The number of hydrogen-bond acceptors (Lipinski definition) is 4. The van der Waals surface area contributed by atoms with E-state index in [9.17, 15) is 13.2 Å². The van der Waals surface area contributed by atoms with Crippen LogP contribution in [0.25, 0.3) is 0 Å². The maximum absolute atomic E-state index is 13.1. The topological polar surface area (TPSA) is 49.8 Å². The molecule has 0 aliphatic heterocycles. The Morgan fingerprint density at radius 2 is 1.96 bits per heavy atom. The standard InChI is InChI=1S/C16H18ClF3N4/c1-4-10(3)21-15-22-12(16(18,19)20)8-13(24-15)23-14-9(2)6-5-7-11(14)17/h5-8,10H,4H2,1-3H3,(H2,21,22,23,24)/t10-/m1/s1. The van der Waals surface area contributed by atoms with Crippen LogP contribution in [0, 0.1) is 6.92 Å². The van der Waals surface area contributed by atoms with Crippen LogP contribution in [0.15, 0.2) is 24.3 Å². The van der Waals surface area contributed by atoms with E-state index in [2.05, 4.69) is 20.6 Å². The summed E-state index contributed by atoms with van der Waals surface area (Å²) in [4.78, 5) is 7.68. The summed E-state index contributed by atoms with van der Waals surface area (Å²) in [6, 6.07) is 6.03. The number of aryl methyl sites for hydroxylation is 1. The Hall–Kier alpha value is -2.02. The van der Waals surface area contributed by atoms with Gasteiger partial charge in [-0.05, 0) is 31.9 Å². The second kappa shape index (κ2) is 7.25. The van der Waals surface area contributed by atoms with Crippen LogP contribution in [-0.4, -0.2) is 16.0 Å². The maximum Gasteiger partial charge on any atom is 0.433 e. The minimum atomic E-state index is -4.57. The molecule has 4 nitrogen and oxygen atoms in total. The van der Waals surface area contributed by atoms with Gasteiger partial charge < -0.3 is 10.6 Å². The molecule has 0 fully saturated rings. The van der Waals surface area contributed by atoms with Crippen LogP contribution in [0.3, 0.4) is 0 Å². The summed E-state index contributed by atoms with van der Waals surface area (Å²) in [5.41, 5.74) is 0.294. The van der Waals surface area contributed by atoms with Crippen LogP contribution >= 0.6 is 11.6 Å². The first-order valence-electron chi connectivity index (χ1n) is 7.45. The Bertz CT molecular complexity index is 699. The van der Waals surface area contributed by atoms with Crippen LogP contribution in [0.5, 0.6) is 0 Å². The first kappa shape index (κ1) is 18.3. The zero-order chi connectivity index (χ0) is 17.9. The van der Waals surface area contributed by atoms with Gasteiger partial charge in [0.2, 0.25) is 5.95 Å². The summed E-state index contributed by atoms with van der Waals surface area (Å²) < 4.78 is 39.3. The van der Waals surface area contributed by atoms with Gasteiger partial charge in [-0.1, -0.05) is 30.7 Å². The molecule has 0 saturated heterocycles. The zero-order valence-electron chi connectivity index (χ0n) is 13.5. The lowest BCUT2D eigenvalue weighted by Crippen LogP contribution is -2.18. The largest absolute Gasteiger partial charge is 0.433 e. The third-order valence-corrected chi connectivity index (χ3v) is 3.79. The summed E-state index contributed by atoms with van der Waals surface area (Å²) in [7, 11) is 0. The molecule has 2 N–H and O–H groups in total. The fourth-order valence-corrected chi connectivity index (χ4v) is 2.23. The monoisotopic (exact) mass is 358 g/mol. The van der Waals surface area contributed by atoms with Crippen molar-refractivity contribution < 1.29 is 13.2 Å². The summed E-state index contributed by atoms with van der Waals surface area (Å²) in [6.45, 7) is 5.56. The Morgan fingerprint density at radius 3 is 2.54 bits per heavy atom. The number of halogens is 4. The Morgan fingerprint density at radius 1 is 1.25 bits per heavy atom. The highest BCUT2D eigenvalue weighted by Gasteiger charge is 2.34. The molecule has 0 aliphatic carbocycles. The molecule has 130 valence electrons. The smallest absolute Gasteiger partial charge is 0.352 e. The third-order valence-electron chi connectivity index (χ3n) is 3.48. The van der Waals surface area contributed by atoms with E-state index in [4.69, 9.17) is 11.6 Å². The molecule has 2 rings (SSSR count). The molecule has 0 spiro atoms. The van der Waals surface area contributed by atoms with Gasteiger partial charge in [0.05, 0.1) is 10.7 Å². The predicted molar refractivity (Wildman–Crippen MR) is 89.9 cm³/mol. The van der Waals surface area contributed by atoms with Crippen LogP contribution in [0.1, 0.15) is 31.5 Å². The fraction of sp³-hybridized carbons (Fsp3) is 0.375. The van der Waals surface area contributed by atoms with Crippen LogP contribution in [0.2, 0.25) is 5.02 Å². The molecular weight excluding hydrogens is 341 g/mol. The molecule has 0 saturated carbocycles. The van der Waals surface area contributed by atoms with E-state index in [1.807, 2.05) is 13.8 Å². The van der Waals surface area contributed by atoms with Gasteiger partial charge in [-0.3, -0.25) is 0 Å². The lowest BCUT2D eigenvalue weighted by Gasteiger charge is -2.16. The average Bonchev–Trinajstić information content (AvgIpc) is 2.50. The van der Waals surface area contributed by atoms with E-state index in [1.54, 1.807) is 25.1 Å². The van der Waals surface area contributed by atoms with E-state index in [1.165, 1.54) is 0 Å². The number of nitrogens with one attached hydrogen (secondary N) is 2. The van der Waals surface area contributed by atoms with E-state index < -0.39 is 11.9 Å². The number of nitrogens with zero attached hydrogens (tertiary/aromatic N) is 2. The lowest BCUT2D eigenvalue weighted by atomic mass is 10.2. The van der Waals surface area contributed by atoms with Crippen molar-refractivity contribution >= 4 is 29.1 Å². The van der Waals surface area contributed by atoms with Crippen molar-refractivity contribution in [2.24, 2.45) is 0 Å². The molecule has 1 heterocycles. The zero-order valence-corrected chi connectivity index (χ0v) is 14.3. The molecule has 1 aromatic carbocycles. The van der Waals surface area contributed by atoms with Crippen molar-refractivity contribution in [2.75, 3.05) is 10.6 Å². The first-order valence-corrected chi connectivity index (χ1v) is 7.83. The molecule has 0 bridgehead atoms. The normalized spacial score (nSPS) is 12.8. The number of rotatable bonds is 5. The SMILES string of the molecule is CC[C@@H](C)Nc1nc(Nc2c(C)cccc2Cl)cc(C(F)(F)F)n1. The van der Waals surface area contributed by atoms with Gasteiger partial charge >= 0.3 is 6.18 Å². The Balaban J connectivity index is 2.43. The van der Waals surface area contributed by atoms with Gasteiger partial charge in [-0.25, -0.2) is 4.98 Å². The number of benzene rings is 1. The minimum absolute atomic E-state index is 0.0272. The summed E-state index contributed by atoms with van der Waals surface area (Å²) in [5.74, 6) is -0.0503. The number of hydrogen-bond donors (Lipinski definition) is 2. The van der Waals surface area contributed by atoms with E-state index in [0.29, 0.717) is 10.7 Å². The van der Waals surface area contributed by atoms with Gasteiger partial charge in [0, 0.05) is 12.1 Å². The Labute approximate surface area is 143 Å². The molecule has 1 aromatic heterocycles. The van der Waals surface area contributed by atoms with Crippen molar-refractivity contribution in [1.29, 1.82) is 0 Å². The second-order valence-corrected chi connectivity index (χ2v) is 5.88. The van der Waals surface area contributed by atoms with Crippen molar-refractivity contribution in [1.82, 2.24) is 9.97 Å². The molecule has 0 aliphatic rings. The number of aromatic nitrogens is 2. The minimum Gasteiger partial charge on any atom is -0.352 e. The van der Waals surface area contributed by atoms with Crippen LogP contribution < -0.4 is 10.6 Å². The quantitative estimate of drug-likeness (QED) is 0.750. The van der Waals surface area contributed by atoms with Crippen LogP contribution in [-0.2, 0) is 6.18 Å². The highest BCUT2D eigenvalue weighted by Crippen LogP contribution is 2.32. The third kappa shape index (κ3) is 4.50. The van der Waals surface area contributed by atoms with Gasteiger partial charge in [0.1, 0.15) is 5.82 Å². The number of anilines is 3. The molecule has 24 heavy (non-hydrogen) atoms. The predicted octanol–water partition coefficient (Wildman–Crippen LogP) is 5.41. The fourth-order valence-electron chi connectivity index (χ4n) is 1.96. The van der Waals surface area contributed by atoms with Gasteiger partial charge in [-0.15, -0.1) is 0 Å². The lowest BCUT2D eigenvalue weighted by molar-refractivity contribution is -0.141. The van der Waals surface area contributed by atoms with E-state index in [-0.39, 0.29) is 17.8 Å².